The molecule has 0 bridgehead atoms. The van der Waals surface area contributed by atoms with Crippen LogP contribution in [0.3, 0.4) is 0 Å². The number of thiazole rings is 1. The van der Waals surface area contributed by atoms with Gasteiger partial charge in [0, 0.05) is 13.0 Å². The van der Waals surface area contributed by atoms with Gasteiger partial charge in [0.1, 0.15) is 6.20 Å². The van der Waals surface area contributed by atoms with Crippen LogP contribution < -0.4 is 4.90 Å². The van der Waals surface area contributed by atoms with E-state index in [1.807, 2.05) is 19.9 Å². The van der Waals surface area contributed by atoms with Gasteiger partial charge < -0.3 is 0 Å². The van der Waals surface area contributed by atoms with Gasteiger partial charge in [0.05, 0.1) is 17.4 Å². The maximum atomic E-state index is 12.1. The molecule has 0 unspecified atom stereocenters. The van der Waals surface area contributed by atoms with Crippen molar-refractivity contribution in [3.63, 3.8) is 0 Å². The highest BCUT2D eigenvalue weighted by atomic mass is 32.1. The van der Waals surface area contributed by atoms with Crippen molar-refractivity contribution in [1.82, 2.24) is 4.98 Å². The first-order valence-electron chi connectivity index (χ1n) is 5.73. The zero-order valence-corrected chi connectivity index (χ0v) is 11.5. The molecule has 0 N–H and O–H groups in total. The van der Waals surface area contributed by atoms with Crippen LogP contribution in [0, 0.1) is 27.4 Å². The fraction of sp³-hybridized carbons (Fsp3) is 0.545. The van der Waals surface area contributed by atoms with E-state index in [0.29, 0.717) is 6.42 Å². The normalized spacial score (nSPS) is 10.2. The van der Waals surface area contributed by atoms with E-state index in [4.69, 9.17) is 5.26 Å². The van der Waals surface area contributed by atoms with E-state index < -0.39 is 4.92 Å². The number of carbonyl (C=O) groups is 1. The number of hydrogen-bond donors (Lipinski definition) is 0. The molecule has 8 heteroatoms. The lowest BCUT2D eigenvalue weighted by Gasteiger charge is -2.19. The van der Waals surface area contributed by atoms with Crippen LogP contribution in [0.25, 0.3) is 0 Å². The number of nitrogens with zero attached hydrogens (tertiary/aromatic N) is 4. The van der Waals surface area contributed by atoms with Crippen molar-refractivity contribution < 1.29 is 9.72 Å². The topological polar surface area (TPSA) is 100 Å². The summed E-state index contributed by atoms with van der Waals surface area (Å²) in [5.41, 5.74) is 0. The molecule has 0 aliphatic rings. The lowest BCUT2D eigenvalue weighted by Crippen LogP contribution is -2.32. The summed E-state index contributed by atoms with van der Waals surface area (Å²) in [6.07, 6.45) is 1.61. The first kappa shape index (κ1) is 15.0. The predicted octanol–water partition coefficient (Wildman–Crippen LogP) is 2.34. The summed E-state index contributed by atoms with van der Waals surface area (Å²) in [6.45, 7) is 4.02. The van der Waals surface area contributed by atoms with Gasteiger partial charge in [-0.15, -0.1) is 0 Å². The summed E-state index contributed by atoms with van der Waals surface area (Å²) in [4.78, 5) is 27.4. The molecule has 0 spiro atoms. The second-order valence-electron chi connectivity index (χ2n) is 4.29. The molecule has 1 rings (SSSR count). The van der Waals surface area contributed by atoms with Gasteiger partial charge in [-0.1, -0.05) is 13.8 Å². The third-order valence-electron chi connectivity index (χ3n) is 2.22. The van der Waals surface area contributed by atoms with Crippen LogP contribution in [-0.2, 0) is 4.79 Å². The average Bonchev–Trinajstić information content (AvgIpc) is 2.78. The van der Waals surface area contributed by atoms with Crippen molar-refractivity contribution in [3.05, 3.63) is 16.3 Å². The second kappa shape index (κ2) is 6.80. The Kier molecular flexibility index (Phi) is 5.38. The average molecular weight is 282 g/mol. The van der Waals surface area contributed by atoms with E-state index in [1.165, 1.54) is 4.90 Å². The molecule has 1 amide bonds. The summed E-state index contributed by atoms with van der Waals surface area (Å²) in [5, 5.41) is 19.4. The number of nitriles is 1. The van der Waals surface area contributed by atoms with Gasteiger partial charge in [-0.2, -0.15) is 5.26 Å². The number of anilines is 1. The Morgan fingerprint density at radius 3 is 2.84 bits per heavy atom. The molecule has 1 aromatic heterocycles. The fourth-order valence-corrected chi connectivity index (χ4v) is 2.19. The molecule has 0 saturated carbocycles. The summed E-state index contributed by atoms with van der Waals surface area (Å²) >= 11 is 0.840. The lowest BCUT2D eigenvalue weighted by molar-refractivity contribution is -0.380. The van der Waals surface area contributed by atoms with Crippen molar-refractivity contribution in [2.24, 2.45) is 5.92 Å². The van der Waals surface area contributed by atoms with Crippen LogP contribution in [0.1, 0.15) is 26.7 Å². The van der Waals surface area contributed by atoms with Crippen molar-refractivity contribution in [2.45, 2.75) is 26.7 Å². The zero-order chi connectivity index (χ0) is 14.4. The summed E-state index contributed by atoms with van der Waals surface area (Å²) in [5.74, 6) is 0.00142. The number of hydrogen-bond acceptors (Lipinski definition) is 6. The van der Waals surface area contributed by atoms with Gasteiger partial charge in [0.25, 0.3) is 0 Å². The molecule has 0 aliphatic carbocycles. The Bertz CT molecular complexity index is 506. The zero-order valence-electron chi connectivity index (χ0n) is 10.7. The Hall–Kier alpha value is -2.01. The standard InChI is InChI=1S/C11H14N4O3S/c1-8(2)6-9(16)14(5-3-4-12)11-13-7-10(19-11)15(17)18/h7-8H,3,5-6H2,1-2H3. The van der Waals surface area contributed by atoms with Crippen LogP contribution in [-0.4, -0.2) is 22.4 Å². The minimum atomic E-state index is -0.545. The van der Waals surface area contributed by atoms with Crippen molar-refractivity contribution in [1.29, 1.82) is 5.26 Å². The number of amides is 1. The molecule has 0 atom stereocenters. The number of aromatic nitrogens is 1. The Labute approximate surface area is 114 Å². The minimum Gasteiger partial charge on any atom is -0.287 e. The molecule has 0 radical (unpaired) electrons. The number of rotatable bonds is 6. The van der Waals surface area contributed by atoms with Gasteiger partial charge in [-0.05, 0) is 17.3 Å². The largest absolute Gasteiger partial charge is 0.345 e. The van der Waals surface area contributed by atoms with E-state index in [2.05, 4.69) is 4.98 Å². The van der Waals surface area contributed by atoms with Gasteiger partial charge in [0.2, 0.25) is 5.91 Å². The molecule has 0 aliphatic heterocycles. The van der Waals surface area contributed by atoms with E-state index in [9.17, 15) is 14.9 Å². The molecule has 0 fully saturated rings. The maximum absolute atomic E-state index is 12.1. The van der Waals surface area contributed by atoms with Crippen LogP contribution in [0.15, 0.2) is 6.20 Å². The highest BCUT2D eigenvalue weighted by Crippen LogP contribution is 2.29. The van der Waals surface area contributed by atoms with Gasteiger partial charge in [-0.3, -0.25) is 19.8 Å². The molecule has 1 aromatic rings. The quantitative estimate of drug-likeness (QED) is 0.588. The molecule has 19 heavy (non-hydrogen) atoms. The highest BCUT2D eigenvalue weighted by Gasteiger charge is 2.22. The van der Waals surface area contributed by atoms with E-state index >= 15 is 0 Å². The Morgan fingerprint density at radius 2 is 2.37 bits per heavy atom. The lowest BCUT2D eigenvalue weighted by atomic mass is 10.1. The highest BCUT2D eigenvalue weighted by molar-refractivity contribution is 7.18. The van der Waals surface area contributed by atoms with Crippen molar-refractivity contribution >= 4 is 27.4 Å². The molecule has 0 saturated heterocycles. The Morgan fingerprint density at radius 1 is 1.68 bits per heavy atom. The van der Waals surface area contributed by atoms with Gasteiger partial charge in [-0.25, -0.2) is 4.98 Å². The third-order valence-corrected chi connectivity index (χ3v) is 3.20. The van der Waals surface area contributed by atoms with E-state index in [0.717, 1.165) is 17.5 Å². The molecular weight excluding hydrogens is 268 g/mol. The smallest absolute Gasteiger partial charge is 0.287 e. The van der Waals surface area contributed by atoms with E-state index in [1.54, 1.807) is 0 Å². The van der Waals surface area contributed by atoms with Crippen LogP contribution in [0.4, 0.5) is 10.1 Å². The van der Waals surface area contributed by atoms with Crippen LogP contribution in [0.2, 0.25) is 0 Å². The Balaban J connectivity index is 2.92. The van der Waals surface area contributed by atoms with E-state index in [-0.39, 0.29) is 34.9 Å². The molecular formula is C11H14N4O3S. The fourth-order valence-electron chi connectivity index (χ4n) is 1.41. The first-order valence-corrected chi connectivity index (χ1v) is 6.55. The van der Waals surface area contributed by atoms with Crippen LogP contribution >= 0.6 is 11.3 Å². The molecule has 1 heterocycles. The summed E-state index contributed by atoms with van der Waals surface area (Å²) in [6, 6.07) is 1.95. The molecule has 102 valence electrons. The van der Waals surface area contributed by atoms with Crippen molar-refractivity contribution in [3.8, 4) is 6.07 Å². The minimum absolute atomic E-state index is 0.116. The maximum Gasteiger partial charge on any atom is 0.345 e. The summed E-state index contributed by atoms with van der Waals surface area (Å²) < 4.78 is 0. The molecule has 0 aromatic carbocycles. The number of nitro groups is 1. The first-order chi connectivity index (χ1) is 8.95. The second-order valence-corrected chi connectivity index (χ2v) is 5.28. The number of carbonyl (C=O) groups excluding carboxylic acids is 1. The summed E-state index contributed by atoms with van der Waals surface area (Å²) in [7, 11) is 0. The molecule has 7 nitrogen and oxygen atoms in total. The van der Waals surface area contributed by atoms with Crippen molar-refractivity contribution in [2.75, 3.05) is 11.4 Å². The monoisotopic (exact) mass is 282 g/mol. The van der Waals surface area contributed by atoms with Crippen LogP contribution in [0.5, 0.6) is 0 Å². The van der Waals surface area contributed by atoms with Gasteiger partial charge in [0.15, 0.2) is 5.13 Å². The van der Waals surface area contributed by atoms with Gasteiger partial charge >= 0.3 is 5.00 Å². The SMILES string of the molecule is CC(C)CC(=O)N(CCC#N)c1ncc([N+](=O)[O-])s1. The predicted molar refractivity (Wildman–Crippen MR) is 70.8 cm³/mol. The third kappa shape index (κ3) is 4.30.